The molecule has 0 aromatic carbocycles. The number of hydrogen-bond acceptors (Lipinski definition) is 7. The van der Waals surface area contributed by atoms with Gasteiger partial charge in [0.25, 0.3) is 5.91 Å². The Labute approximate surface area is 133 Å². The first-order valence-electron chi connectivity index (χ1n) is 6.06. The fourth-order valence-electron chi connectivity index (χ4n) is 1.63. The van der Waals surface area contributed by atoms with Crippen molar-refractivity contribution < 1.29 is 9.21 Å². The molecule has 0 aliphatic carbocycles. The number of nitrogens with zero attached hydrogens (tertiary/aromatic N) is 2. The molecule has 21 heavy (non-hydrogen) atoms. The van der Waals surface area contributed by atoms with Gasteiger partial charge in [0.1, 0.15) is 5.76 Å². The fraction of sp³-hybridized carbons (Fsp3) is 0.154. The monoisotopic (exact) mass is 337 g/mol. The molecule has 3 heterocycles. The molecule has 0 unspecified atom stereocenters. The van der Waals surface area contributed by atoms with E-state index in [1.165, 1.54) is 22.5 Å². The van der Waals surface area contributed by atoms with Crippen LogP contribution in [0, 0.1) is 6.92 Å². The number of carbonyl (C=O) groups excluding carboxylic acids is 1. The van der Waals surface area contributed by atoms with E-state index < -0.39 is 0 Å². The van der Waals surface area contributed by atoms with Gasteiger partial charge in [-0.15, -0.1) is 21.5 Å². The van der Waals surface area contributed by atoms with Crippen molar-refractivity contribution in [1.29, 1.82) is 0 Å². The first kappa shape index (κ1) is 14.3. The van der Waals surface area contributed by atoms with Gasteiger partial charge in [-0.2, -0.15) is 0 Å². The molecule has 108 valence electrons. The zero-order chi connectivity index (χ0) is 14.7. The Morgan fingerprint density at radius 2 is 2.33 bits per heavy atom. The lowest BCUT2D eigenvalue weighted by Crippen LogP contribution is -2.11. The van der Waals surface area contributed by atoms with Crippen molar-refractivity contribution in [3.8, 4) is 0 Å². The molecule has 1 amide bonds. The molecule has 0 radical (unpaired) electrons. The number of nitrogens with one attached hydrogen (secondary N) is 1. The van der Waals surface area contributed by atoms with Gasteiger partial charge >= 0.3 is 0 Å². The highest BCUT2D eigenvalue weighted by Gasteiger charge is 2.14. The van der Waals surface area contributed by atoms with E-state index in [9.17, 15) is 4.79 Å². The summed E-state index contributed by atoms with van der Waals surface area (Å²) in [6, 6.07) is 5.75. The Morgan fingerprint density at radius 3 is 3.05 bits per heavy atom. The predicted molar refractivity (Wildman–Crippen MR) is 85.2 cm³/mol. The Morgan fingerprint density at radius 1 is 1.43 bits per heavy atom. The fourth-order valence-corrected chi connectivity index (χ4v) is 4.15. The molecule has 0 bridgehead atoms. The number of aryl methyl sites for hydroxylation is 1. The minimum Gasteiger partial charge on any atom is -0.469 e. The van der Waals surface area contributed by atoms with E-state index in [2.05, 4.69) is 27.0 Å². The zero-order valence-electron chi connectivity index (χ0n) is 11.0. The van der Waals surface area contributed by atoms with Crippen molar-refractivity contribution in [2.75, 3.05) is 5.32 Å². The molecule has 8 heteroatoms. The molecule has 3 aromatic heterocycles. The van der Waals surface area contributed by atoms with Gasteiger partial charge in [-0.25, -0.2) is 0 Å². The summed E-state index contributed by atoms with van der Waals surface area (Å²) in [6.07, 6.45) is 1.49. The van der Waals surface area contributed by atoms with Gasteiger partial charge in [-0.1, -0.05) is 29.2 Å². The summed E-state index contributed by atoms with van der Waals surface area (Å²) in [5.41, 5.74) is 0.512. The average Bonchev–Trinajstić information content (AvgIpc) is 3.17. The molecule has 0 spiro atoms. The second kappa shape index (κ2) is 6.42. The van der Waals surface area contributed by atoms with Gasteiger partial charge in [0, 0.05) is 10.6 Å². The number of aromatic nitrogens is 2. The minimum absolute atomic E-state index is 0.229. The largest absolute Gasteiger partial charge is 0.469 e. The van der Waals surface area contributed by atoms with E-state index >= 15 is 0 Å². The van der Waals surface area contributed by atoms with Crippen LogP contribution in [-0.4, -0.2) is 16.1 Å². The number of hydrogen-bond donors (Lipinski definition) is 1. The number of anilines is 1. The number of furan rings is 1. The van der Waals surface area contributed by atoms with Crippen molar-refractivity contribution in [3.05, 3.63) is 46.0 Å². The van der Waals surface area contributed by atoms with E-state index in [-0.39, 0.29) is 5.91 Å². The number of thiophene rings is 1. The van der Waals surface area contributed by atoms with Crippen LogP contribution in [-0.2, 0) is 5.75 Å². The Bertz CT molecular complexity index is 734. The predicted octanol–water partition coefficient (Wildman–Crippen LogP) is 4.05. The molecule has 0 fully saturated rings. The van der Waals surface area contributed by atoms with Crippen LogP contribution in [0.2, 0.25) is 0 Å². The highest BCUT2D eigenvalue weighted by molar-refractivity contribution is 8.00. The molecule has 0 atom stereocenters. The molecule has 0 aliphatic heterocycles. The van der Waals surface area contributed by atoms with Crippen molar-refractivity contribution >= 4 is 45.5 Å². The normalized spacial score (nSPS) is 10.7. The Kier molecular flexibility index (Phi) is 4.37. The van der Waals surface area contributed by atoms with Crippen LogP contribution in [0.15, 0.2) is 38.6 Å². The highest BCUT2D eigenvalue weighted by atomic mass is 32.2. The van der Waals surface area contributed by atoms with Crippen LogP contribution >= 0.6 is 34.4 Å². The molecule has 5 nitrogen and oxygen atoms in total. The van der Waals surface area contributed by atoms with Crippen molar-refractivity contribution in [2.24, 2.45) is 0 Å². The Hall–Kier alpha value is -1.64. The maximum Gasteiger partial charge on any atom is 0.261 e. The lowest BCUT2D eigenvalue weighted by Gasteiger charge is -1.98. The van der Waals surface area contributed by atoms with Crippen LogP contribution in [0.1, 0.15) is 21.0 Å². The molecular formula is C13H11N3O2S3. The average molecular weight is 337 g/mol. The third-order valence-corrected chi connectivity index (χ3v) is 5.73. The smallest absolute Gasteiger partial charge is 0.261 e. The lowest BCUT2D eigenvalue weighted by molar-refractivity contribution is 0.102. The summed E-state index contributed by atoms with van der Waals surface area (Å²) < 4.78 is 5.95. The maximum atomic E-state index is 12.0. The van der Waals surface area contributed by atoms with Crippen molar-refractivity contribution in [3.63, 3.8) is 0 Å². The van der Waals surface area contributed by atoms with Crippen LogP contribution < -0.4 is 5.32 Å². The molecule has 1 N–H and O–H groups in total. The summed E-state index contributed by atoms with van der Waals surface area (Å²) in [4.78, 5) is 13.3. The zero-order valence-corrected chi connectivity index (χ0v) is 13.5. The van der Waals surface area contributed by atoms with Crippen molar-refractivity contribution in [2.45, 2.75) is 17.0 Å². The van der Waals surface area contributed by atoms with Gasteiger partial charge in [0.15, 0.2) is 4.34 Å². The first-order valence-corrected chi connectivity index (χ1v) is 8.74. The minimum atomic E-state index is -0.229. The van der Waals surface area contributed by atoms with Crippen LogP contribution in [0.5, 0.6) is 0 Å². The van der Waals surface area contributed by atoms with E-state index in [0.717, 1.165) is 10.1 Å². The summed E-state index contributed by atoms with van der Waals surface area (Å²) >= 11 is 4.70. The van der Waals surface area contributed by atoms with Gasteiger partial charge in [0.2, 0.25) is 5.13 Å². The van der Waals surface area contributed by atoms with Gasteiger partial charge in [-0.05, 0) is 24.4 Å². The second-order valence-electron chi connectivity index (χ2n) is 4.09. The van der Waals surface area contributed by atoms with Crippen molar-refractivity contribution in [1.82, 2.24) is 10.2 Å². The third-order valence-electron chi connectivity index (χ3n) is 2.65. The molecule has 3 aromatic rings. The summed E-state index contributed by atoms with van der Waals surface area (Å²) in [5.74, 6) is 1.22. The third kappa shape index (κ3) is 3.52. The molecule has 0 saturated heterocycles. The molecule has 0 aliphatic rings. The van der Waals surface area contributed by atoms with Crippen LogP contribution in [0.25, 0.3) is 0 Å². The lowest BCUT2D eigenvalue weighted by atomic mass is 10.2. The quantitative estimate of drug-likeness (QED) is 0.562. The maximum absolute atomic E-state index is 12.0. The van der Waals surface area contributed by atoms with Gasteiger partial charge in [0.05, 0.1) is 11.8 Å². The summed E-state index contributed by atoms with van der Waals surface area (Å²) in [5, 5.41) is 13.3. The topological polar surface area (TPSA) is 68.0 Å². The first-order chi connectivity index (χ1) is 10.2. The molecule has 3 rings (SSSR count). The number of thioether (sulfide) groups is 1. The highest BCUT2D eigenvalue weighted by Crippen LogP contribution is 2.29. The number of rotatable bonds is 5. The number of amides is 1. The Balaban J connectivity index is 1.60. The summed E-state index contributed by atoms with van der Waals surface area (Å²) in [6.45, 7) is 1.75. The van der Waals surface area contributed by atoms with Crippen LogP contribution in [0.4, 0.5) is 5.13 Å². The van der Waals surface area contributed by atoms with Gasteiger partial charge < -0.3 is 4.42 Å². The van der Waals surface area contributed by atoms with Gasteiger partial charge in [-0.3, -0.25) is 10.1 Å². The number of carbonyl (C=O) groups is 1. The van der Waals surface area contributed by atoms with E-state index in [1.54, 1.807) is 36.1 Å². The molecular weight excluding hydrogens is 326 g/mol. The molecule has 0 saturated carbocycles. The SMILES string of the molecule is Cc1occc1C(=O)Nc1nnc(SCc2cccs2)s1. The second-order valence-corrected chi connectivity index (χ2v) is 7.32. The summed E-state index contributed by atoms with van der Waals surface area (Å²) in [7, 11) is 0. The van der Waals surface area contributed by atoms with E-state index in [0.29, 0.717) is 16.5 Å². The van der Waals surface area contributed by atoms with E-state index in [4.69, 9.17) is 4.42 Å². The standard InChI is InChI=1S/C13H11N3O2S3/c1-8-10(4-5-18-8)11(17)14-12-15-16-13(21-12)20-7-9-3-2-6-19-9/h2-6H,7H2,1H3,(H,14,15,17). The van der Waals surface area contributed by atoms with E-state index in [1.807, 2.05) is 6.07 Å². The van der Waals surface area contributed by atoms with Crippen LogP contribution in [0.3, 0.4) is 0 Å².